The van der Waals surface area contributed by atoms with Crippen molar-refractivity contribution in [1.29, 1.82) is 0 Å². The second kappa shape index (κ2) is 4.52. The Labute approximate surface area is 93.9 Å². The first-order chi connectivity index (χ1) is 7.82. The zero-order chi connectivity index (χ0) is 13.3. The van der Waals surface area contributed by atoms with Gasteiger partial charge in [0.05, 0.1) is 0 Å². The molecular formula is C10H9F3O4. The summed E-state index contributed by atoms with van der Waals surface area (Å²) in [6.07, 6.45) is -3.67. The molecule has 1 rings (SSSR count). The number of ketones is 1. The van der Waals surface area contributed by atoms with E-state index >= 15 is 0 Å². The number of hydrogen-bond donors (Lipinski definition) is 3. The molecule has 0 aliphatic carbocycles. The maximum atomic E-state index is 13.6. The highest BCUT2D eigenvalue weighted by Crippen LogP contribution is 2.43. The monoisotopic (exact) mass is 250 g/mol. The van der Waals surface area contributed by atoms with Crippen molar-refractivity contribution in [3.8, 4) is 17.2 Å². The largest absolute Gasteiger partial charge is 0.504 e. The quantitative estimate of drug-likeness (QED) is 0.566. The average molecular weight is 250 g/mol. The van der Waals surface area contributed by atoms with Crippen molar-refractivity contribution in [2.75, 3.05) is 0 Å². The van der Waals surface area contributed by atoms with Gasteiger partial charge in [-0.2, -0.15) is 0 Å². The van der Waals surface area contributed by atoms with Crippen LogP contribution in [-0.2, 0) is 6.42 Å². The number of carbonyl (C=O) groups is 1. The first kappa shape index (κ1) is 13.1. The Morgan fingerprint density at radius 2 is 1.71 bits per heavy atom. The Kier molecular flexibility index (Phi) is 3.50. The van der Waals surface area contributed by atoms with Crippen molar-refractivity contribution in [1.82, 2.24) is 0 Å². The highest BCUT2D eigenvalue weighted by molar-refractivity contribution is 6.02. The molecule has 0 aliphatic heterocycles. The van der Waals surface area contributed by atoms with Crippen molar-refractivity contribution in [3.63, 3.8) is 0 Å². The maximum Gasteiger partial charge on any atom is 0.300 e. The number of alkyl halides is 2. The summed E-state index contributed by atoms with van der Waals surface area (Å²) in [5.41, 5.74) is -1.82. The van der Waals surface area contributed by atoms with Gasteiger partial charge in [0.2, 0.25) is 11.5 Å². The summed E-state index contributed by atoms with van der Waals surface area (Å²) in [4.78, 5) is 11.0. The number of aromatic hydroxyl groups is 3. The number of hydrogen-bond acceptors (Lipinski definition) is 4. The van der Waals surface area contributed by atoms with E-state index in [1.807, 2.05) is 0 Å². The van der Waals surface area contributed by atoms with Gasteiger partial charge in [-0.05, 0) is 6.42 Å². The second-order valence-corrected chi connectivity index (χ2v) is 3.23. The molecule has 0 saturated carbocycles. The van der Waals surface area contributed by atoms with Gasteiger partial charge in [0, 0.05) is 5.56 Å². The van der Waals surface area contributed by atoms with Gasteiger partial charge >= 0.3 is 6.43 Å². The van der Waals surface area contributed by atoms with Crippen LogP contribution >= 0.6 is 0 Å². The number of carbonyl (C=O) groups excluding carboxylic acids is 1. The molecule has 0 unspecified atom stereocenters. The molecule has 3 N–H and O–H groups in total. The summed E-state index contributed by atoms with van der Waals surface area (Å²) in [5.74, 6) is -6.95. The molecule has 1 aromatic carbocycles. The summed E-state index contributed by atoms with van der Waals surface area (Å²) in [6.45, 7) is 1.38. The van der Waals surface area contributed by atoms with Crippen LogP contribution in [-0.4, -0.2) is 27.5 Å². The number of phenolic OH excluding ortho intramolecular Hbond substituents is 3. The van der Waals surface area contributed by atoms with Crippen molar-refractivity contribution >= 4 is 5.78 Å². The molecule has 1 aromatic rings. The Morgan fingerprint density at radius 3 is 2.12 bits per heavy atom. The smallest absolute Gasteiger partial charge is 0.300 e. The van der Waals surface area contributed by atoms with Gasteiger partial charge in [0.1, 0.15) is 11.4 Å². The van der Waals surface area contributed by atoms with E-state index in [9.17, 15) is 33.3 Å². The van der Waals surface area contributed by atoms with Crippen molar-refractivity contribution in [2.24, 2.45) is 0 Å². The van der Waals surface area contributed by atoms with E-state index < -0.39 is 46.4 Å². The minimum atomic E-state index is -3.52. The molecule has 0 radical (unpaired) electrons. The Hall–Kier alpha value is -1.92. The highest BCUT2D eigenvalue weighted by Gasteiger charge is 2.31. The van der Waals surface area contributed by atoms with Gasteiger partial charge in [-0.25, -0.2) is 13.2 Å². The zero-order valence-corrected chi connectivity index (χ0v) is 8.67. The molecule has 0 saturated heterocycles. The minimum absolute atomic E-state index is 0.144. The molecule has 0 spiro atoms. The minimum Gasteiger partial charge on any atom is -0.504 e. The third-order valence-electron chi connectivity index (χ3n) is 2.25. The first-order valence-corrected chi connectivity index (χ1v) is 4.60. The SMILES string of the molecule is CCc1c(O)c(O)c(O)c(C(=O)C(F)F)c1F. The van der Waals surface area contributed by atoms with Crippen LogP contribution in [0.25, 0.3) is 0 Å². The molecule has 0 atom stereocenters. The lowest BCUT2D eigenvalue weighted by molar-refractivity contribution is 0.0669. The molecule has 0 aliphatic rings. The summed E-state index contributed by atoms with van der Waals surface area (Å²) >= 11 is 0. The number of Topliss-reactive ketones (excluding diaryl/α,β-unsaturated/α-hetero) is 1. The topological polar surface area (TPSA) is 77.8 Å². The van der Waals surface area contributed by atoms with Gasteiger partial charge in [-0.1, -0.05) is 6.92 Å². The van der Waals surface area contributed by atoms with E-state index in [0.717, 1.165) is 0 Å². The van der Waals surface area contributed by atoms with Crippen molar-refractivity contribution in [2.45, 2.75) is 19.8 Å². The fourth-order valence-corrected chi connectivity index (χ4v) is 1.39. The van der Waals surface area contributed by atoms with Crippen molar-refractivity contribution < 1.29 is 33.3 Å². The summed E-state index contributed by atoms with van der Waals surface area (Å²) in [6, 6.07) is 0. The molecule has 0 fully saturated rings. The van der Waals surface area contributed by atoms with Crippen LogP contribution in [0.2, 0.25) is 0 Å². The third kappa shape index (κ3) is 2.00. The van der Waals surface area contributed by atoms with E-state index in [1.165, 1.54) is 6.92 Å². The lowest BCUT2D eigenvalue weighted by Gasteiger charge is -2.12. The normalized spacial score (nSPS) is 10.9. The number of rotatable bonds is 3. The van der Waals surface area contributed by atoms with E-state index in [1.54, 1.807) is 0 Å². The van der Waals surface area contributed by atoms with E-state index in [4.69, 9.17) is 0 Å². The molecular weight excluding hydrogens is 241 g/mol. The number of halogens is 3. The van der Waals surface area contributed by atoms with Gasteiger partial charge in [0.15, 0.2) is 11.5 Å². The standard InChI is InChI=1S/C10H9F3O4/c1-2-3-5(11)4(8(16)10(12)13)7(15)9(17)6(3)14/h10,14-15,17H,2H2,1H3. The fraction of sp³-hybridized carbons (Fsp3) is 0.300. The maximum absolute atomic E-state index is 13.6. The van der Waals surface area contributed by atoms with Gasteiger partial charge in [-0.3, -0.25) is 4.79 Å². The lowest BCUT2D eigenvalue weighted by atomic mass is 10.0. The van der Waals surface area contributed by atoms with Crippen LogP contribution in [0, 0.1) is 5.82 Å². The van der Waals surface area contributed by atoms with Gasteiger partial charge in [-0.15, -0.1) is 0 Å². The van der Waals surface area contributed by atoms with Gasteiger partial charge in [0.25, 0.3) is 0 Å². The second-order valence-electron chi connectivity index (χ2n) is 3.23. The van der Waals surface area contributed by atoms with Crippen LogP contribution in [0.15, 0.2) is 0 Å². The Morgan fingerprint density at radius 1 is 1.18 bits per heavy atom. The van der Waals surface area contributed by atoms with E-state index in [2.05, 4.69) is 0 Å². The first-order valence-electron chi connectivity index (χ1n) is 4.60. The van der Waals surface area contributed by atoms with Crippen LogP contribution < -0.4 is 0 Å². The zero-order valence-electron chi connectivity index (χ0n) is 8.67. The number of benzene rings is 1. The summed E-state index contributed by atoms with van der Waals surface area (Å²) in [5, 5.41) is 27.6. The fourth-order valence-electron chi connectivity index (χ4n) is 1.39. The van der Waals surface area contributed by atoms with Crippen LogP contribution in [0.1, 0.15) is 22.8 Å². The van der Waals surface area contributed by atoms with Crippen LogP contribution in [0.3, 0.4) is 0 Å². The van der Waals surface area contributed by atoms with Crippen LogP contribution in [0.4, 0.5) is 13.2 Å². The lowest BCUT2D eigenvalue weighted by Crippen LogP contribution is -2.14. The molecule has 17 heavy (non-hydrogen) atoms. The molecule has 7 heteroatoms. The Bertz CT molecular complexity index is 471. The molecule has 0 amide bonds. The third-order valence-corrected chi connectivity index (χ3v) is 2.25. The predicted octanol–water partition coefficient (Wildman–Crippen LogP) is 1.95. The molecule has 4 nitrogen and oxygen atoms in total. The molecule has 94 valence electrons. The molecule has 0 aromatic heterocycles. The highest BCUT2D eigenvalue weighted by atomic mass is 19.3. The number of phenols is 3. The molecule has 0 heterocycles. The van der Waals surface area contributed by atoms with Crippen molar-refractivity contribution in [3.05, 3.63) is 16.9 Å². The predicted molar refractivity (Wildman–Crippen MR) is 51.1 cm³/mol. The summed E-state index contributed by atoms with van der Waals surface area (Å²) in [7, 11) is 0. The van der Waals surface area contributed by atoms with E-state index in [-0.39, 0.29) is 6.42 Å². The van der Waals surface area contributed by atoms with E-state index in [0.29, 0.717) is 0 Å². The van der Waals surface area contributed by atoms with Crippen LogP contribution in [0.5, 0.6) is 17.2 Å². The van der Waals surface area contributed by atoms with Gasteiger partial charge < -0.3 is 15.3 Å². The molecule has 0 bridgehead atoms. The average Bonchev–Trinajstić information content (AvgIpc) is 2.27. The Balaban J connectivity index is 3.61. The summed E-state index contributed by atoms with van der Waals surface area (Å²) < 4.78 is 37.9.